The number of ketones is 1. The third-order valence-electron chi connectivity index (χ3n) is 4.49. The number of rotatable bonds is 5. The summed E-state index contributed by atoms with van der Waals surface area (Å²) < 4.78 is 0. The van der Waals surface area contributed by atoms with Gasteiger partial charge in [0.2, 0.25) is 0 Å². The van der Waals surface area contributed by atoms with E-state index < -0.39 is 0 Å². The fraction of sp³-hybridized carbons (Fsp3) is 0.562. The molecule has 1 unspecified atom stereocenters. The molecule has 0 saturated heterocycles. The van der Waals surface area contributed by atoms with Crippen molar-refractivity contribution in [3.8, 4) is 0 Å². The van der Waals surface area contributed by atoms with Crippen molar-refractivity contribution in [2.45, 2.75) is 46.0 Å². The van der Waals surface area contributed by atoms with E-state index in [0.29, 0.717) is 11.3 Å². The van der Waals surface area contributed by atoms with Crippen LogP contribution in [0.1, 0.15) is 51.5 Å². The van der Waals surface area contributed by atoms with Gasteiger partial charge in [-0.3, -0.25) is 4.79 Å². The smallest absolute Gasteiger partial charge is 0.137 e. The highest BCUT2D eigenvalue weighted by atomic mass is 35.5. The minimum Gasteiger partial charge on any atom is -0.299 e. The summed E-state index contributed by atoms with van der Waals surface area (Å²) in [5.74, 6) is 0.961. The molecule has 1 aromatic rings. The SMILES string of the molecule is CC(=O)C(CC1(C(C)C)CC1)c1ccc(Cl)cc1. The van der Waals surface area contributed by atoms with E-state index in [2.05, 4.69) is 13.8 Å². The predicted octanol–water partition coefficient (Wildman–Crippen LogP) is 4.84. The zero-order chi connectivity index (χ0) is 13.3. The lowest BCUT2D eigenvalue weighted by Crippen LogP contribution is -2.19. The number of hydrogen-bond acceptors (Lipinski definition) is 1. The molecule has 0 N–H and O–H groups in total. The van der Waals surface area contributed by atoms with E-state index in [0.717, 1.165) is 17.0 Å². The Balaban J connectivity index is 2.19. The molecule has 0 bridgehead atoms. The van der Waals surface area contributed by atoms with Crippen LogP contribution in [0.25, 0.3) is 0 Å². The van der Waals surface area contributed by atoms with Crippen LogP contribution in [0, 0.1) is 11.3 Å². The molecule has 0 amide bonds. The van der Waals surface area contributed by atoms with Gasteiger partial charge in [-0.2, -0.15) is 0 Å². The summed E-state index contributed by atoms with van der Waals surface area (Å²) in [6.45, 7) is 6.24. The molecule has 0 aromatic heterocycles. The third kappa shape index (κ3) is 2.77. The molecule has 0 radical (unpaired) electrons. The molecule has 1 atom stereocenters. The Kier molecular flexibility index (Phi) is 3.82. The summed E-state index contributed by atoms with van der Waals surface area (Å²) in [6, 6.07) is 7.74. The molecule has 1 aliphatic carbocycles. The van der Waals surface area contributed by atoms with E-state index in [4.69, 9.17) is 11.6 Å². The van der Waals surface area contributed by atoms with E-state index in [1.165, 1.54) is 12.8 Å². The molecule has 1 nitrogen and oxygen atoms in total. The van der Waals surface area contributed by atoms with Gasteiger partial charge in [-0.05, 0) is 55.2 Å². The second-order valence-corrected chi connectivity index (χ2v) is 6.37. The van der Waals surface area contributed by atoms with Crippen LogP contribution in [0.5, 0.6) is 0 Å². The van der Waals surface area contributed by atoms with Crippen LogP contribution in [-0.4, -0.2) is 5.78 Å². The maximum Gasteiger partial charge on any atom is 0.137 e. The minimum absolute atomic E-state index is 0.0344. The van der Waals surface area contributed by atoms with Crippen molar-refractivity contribution in [2.75, 3.05) is 0 Å². The Hall–Kier alpha value is -0.820. The van der Waals surface area contributed by atoms with Crippen molar-refractivity contribution in [2.24, 2.45) is 11.3 Å². The fourth-order valence-corrected chi connectivity index (χ4v) is 2.90. The molecule has 2 heteroatoms. The largest absolute Gasteiger partial charge is 0.299 e. The van der Waals surface area contributed by atoms with Crippen molar-refractivity contribution >= 4 is 17.4 Å². The van der Waals surface area contributed by atoms with Crippen LogP contribution in [0.3, 0.4) is 0 Å². The molecule has 98 valence electrons. The van der Waals surface area contributed by atoms with Gasteiger partial charge in [-0.1, -0.05) is 37.6 Å². The van der Waals surface area contributed by atoms with Gasteiger partial charge in [0.15, 0.2) is 0 Å². The lowest BCUT2D eigenvalue weighted by Gasteiger charge is -2.25. The maximum atomic E-state index is 11.9. The van der Waals surface area contributed by atoms with Crippen molar-refractivity contribution in [1.82, 2.24) is 0 Å². The first-order valence-electron chi connectivity index (χ1n) is 6.70. The minimum atomic E-state index is 0.0344. The number of hydrogen-bond donors (Lipinski definition) is 0. The van der Waals surface area contributed by atoms with Gasteiger partial charge in [0, 0.05) is 10.9 Å². The quantitative estimate of drug-likeness (QED) is 0.744. The Labute approximate surface area is 115 Å². The van der Waals surface area contributed by atoms with E-state index in [9.17, 15) is 4.79 Å². The standard InChI is InChI=1S/C16H21ClO/c1-11(2)16(8-9-16)10-15(12(3)18)13-4-6-14(17)7-5-13/h4-7,11,15H,8-10H2,1-3H3. The lowest BCUT2D eigenvalue weighted by molar-refractivity contribution is -0.119. The summed E-state index contributed by atoms with van der Waals surface area (Å²) in [4.78, 5) is 11.9. The molecule has 1 saturated carbocycles. The summed E-state index contributed by atoms with van der Waals surface area (Å²) in [5.41, 5.74) is 1.51. The van der Waals surface area contributed by atoms with Gasteiger partial charge >= 0.3 is 0 Å². The highest BCUT2D eigenvalue weighted by Crippen LogP contribution is 2.57. The van der Waals surface area contributed by atoms with Crippen molar-refractivity contribution in [1.29, 1.82) is 0 Å². The molecule has 0 heterocycles. The van der Waals surface area contributed by atoms with Crippen LogP contribution in [0.4, 0.5) is 0 Å². The van der Waals surface area contributed by atoms with E-state index in [1.807, 2.05) is 24.3 Å². The second-order valence-electron chi connectivity index (χ2n) is 5.94. The van der Waals surface area contributed by atoms with Crippen LogP contribution in [0.15, 0.2) is 24.3 Å². The molecule has 18 heavy (non-hydrogen) atoms. The number of halogens is 1. The van der Waals surface area contributed by atoms with Crippen molar-refractivity contribution in [3.63, 3.8) is 0 Å². The van der Waals surface area contributed by atoms with Crippen LogP contribution in [-0.2, 0) is 4.79 Å². The van der Waals surface area contributed by atoms with Gasteiger partial charge in [-0.15, -0.1) is 0 Å². The molecule has 0 aliphatic heterocycles. The Bertz CT molecular complexity index is 429. The Morgan fingerprint density at radius 3 is 2.22 bits per heavy atom. The molecule has 2 rings (SSSR count). The highest BCUT2D eigenvalue weighted by molar-refractivity contribution is 6.30. The first kappa shape index (κ1) is 13.6. The van der Waals surface area contributed by atoms with Crippen LogP contribution >= 0.6 is 11.6 Å². The predicted molar refractivity (Wildman–Crippen MR) is 76.0 cm³/mol. The average Bonchev–Trinajstić information content (AvgIpc) is 3.08. The molecule has 1 aliphatic rings. The van der Waals surface area contributed by atoms with E-state index in [1.54, 1.807) is 6.92 Å². The van der Waals surface area contributed by atoms with E-state index in [-0.39, 0.29) is 11.7 Å². The fourth-order valence-electron chi connectivity index (χ4n) is 2.78. The zero-order valence-electron chi connectivity index (χ0n) is 11.4. The van der Waals surface area contributed by atoms with Crippen LogP contribution < -0.4 is 0 Å². The first-order chi connectivity index (χ1) is 8.44. The number of carbonyl (C=O) groups excluding carboxylic acids is 1. The van der Waals surface area contributed by atoms with Gasteiger partial charge in [-0.25, -0.2) is 0 Å². The first-order valence-corrected chi connectivity index (χ1v) is 7.08. The Morgan fingerprint density at radius 1 is 1.28 bits per heavy atom. The molecule has 1 aromatic carbocycles. The third-order valence-corrected chi connectivity index (χ3v) is 4.74. The van der Waals surface area contributed by atoms with Gasteiger partial charge in [0.25, 0.3) is 0 Å². The van der Waals surface area contributed by atoms with Crippen molar-refractivity contribution < 1.29 is 4.79 Å². The van der Waals surface area contributed by atoms with Gasteiger partial charge in [0.1, 0.15) is 5.78 Å². The topological polar surface area (TPSA) is 17.1 Å². The number of Topliss-reactive ketones (excluding diaryl/α,β-unsaturated/α-hetero) is 1. The Morgan fingerprint density at radius 2 is 1.83 bits per heavy atom. The normalized spacial score (nSPS) is 18.7. The monoisotopic (exact) mass is 264 g/mol. The molecular weight excluding hydrogens is 244 g/mol. The summed E-state index contributed by atoms with van der Waals surface area (Å²) in [6.07, 6.45) is 3.52. The lowest BCUT2D eigenvalue weighted by atomic mass is 9.79. The van der Waals surface area contributed by atoms with Gasteiger partial charge in [0.05, 0.1) is 0 Å². The zero-order valence-corrected chi connectivity index (χ0v) is 12.1. The van der Waals surface area contributed by atoms with Gasteiger partial charge < -0.3 is 0 Å². The summed E-state index contributed by atoms with van der Waals surface area (Å²) in [7, 11) is 0. The van der Waals surface area contributed by atoms with Crippen molar-refractivity contribution in [3.05, 3.63) is 34.9 Å². The molecule has 0 spiro atoms. The summed E-state index contributed by atoms with van der Waals surface area (Å²) in [5, 5.41) is 0.728. The van der Waals surface area contributed by atoms with E-state index >= 15 is 0 Å². The highest BCUT2D eigenvalue weighted by Gasteiger charge is 2.47. The maximum absolute atomic E-state index is 11.9. The molecular formula is C16H21ClO. The number of benzene rings is 1. The second kappa shape index (κ2) is 5.05. The number of carbonyl (C=O) groups is 1. The van der Waals surface area contributed by atoms with Crippen LogP contribution in [0.2, 0.25) is 5.02 Å². The molecule has 1 fully saturated rings. The summed E-state index contributed by atoms with van der Waals surface area (Å²) >= 11 is 5.91. The average molecular weight is 265 g/mol.